The molecule has 1 saturated carbocycles. The number of rotatable bonds is 3. The minimum Gasteiger partial charge on any atom is -0.475 e. The van der Waals surface area contributed by atoms with Crippen LogP contribution in [-0.4, -0.2) is 67.0 Å². The number of ether oxygens (including phenoxy) is 2. The van der Waals surface area contributed by atoms with Crippen LogP contribution in [0.4, 0.5) is 4.39 Å². The normalized spacial score (nSPS) is 31.9. The summed E-state index contributed by atoms with van der Waals surface area (Å²) in [6, 6.07) is 8.17. The number of pyridine rings is 1. The largest absolute Gasteiger partial charge is 0.475 e. The van der Waals surface area contributed by atoms with Crippen molar-refractivity contribution in [3.05, 3.63) is 53.6 Å². The summed E-state index contributed by atoms with van der Waals surface area (Å²) in [6.07, 6.45) is 6.99. The minimum atomic E-state index is -0.614. The maximum atomic E-state index is 13.9. The van der Waals surface area contributed by atoms with E-state index in [1.807, 2.05) is 0 Å². The van der Waals surface area contributed by atoms with E-state index in [1.165, 1.54) is 17.8 Å². The van der Waals surface area contributed by atoms with Crippen molar-refractivity contribution >= 4 is 45.3 Å². The molecule has 5 rings (SSSR count). The first-order valence-corrected chi connectivity index (χ1v) is 12.3. The van der Waals surface area contributed by atoms with Crippen LogP contribution < -0.4 is 5.73 Å². The lowest BCUT2D eigenvalue weighted by atomic mass is 9.44. The van der Waals surface area contributed by atoms with Gasteiger partial charge in [0.05, 0.1) is 17.7 Å². The van der Waals surface area contributed by atoms with Gasteiger partial charge in [-0.05, 0) is 65.7 Å². The van der Waals surface area contributed by atoms with Crippen molar-refractivity contribution in [3.63, 3.8) is 0 Å². The highest BCUT2D eigenvalue weighted by molar-refractivity contribution is 6.58. The first-order valence-electron chi connectivity index (χ1n) is 12.3. The predicted molar refractivity (Wildman–Crippen MR) is 146 cm³/mol. The zero-order valence-corrected chi connectivity index (χ0v) is 21.1. The van der Waals surface area contributed by atoms with Crippen LogP contribution in [0.15, 0.2) is 41.7 Å². The molecule has 1 fully saturated rings. The number of aliphatic imine (C=N–C) groups is 1. The van der Waals surface area contributed by atoms with Gasteiger partial charge in [0.2, 0.25) is 0 Å². The third-order valence-corrected chi connectivity index (χ3v) is 8.10. The van der Waals surface area contributed by atoms with Gasteiger partial charge in [-0.15, -0.1) is 0 Å². The number of nitrogens with two attached hydrogens (primary N) is 1. The number of nitrogens with zero attached hydrogens (tertiary/aromatic N) is 2. The van der Waals surface area contributed by atoms with Crippen LogP contribution in [0.2, 0.25) is 0 Å². The number of halogens is 1. The van der Waals surface area contributed by atoms with Crippen molar-refractivity contribution < 1.29 is 13.9 Å². The average molecular weight is 455 g/mol. The lowest BCUT2D eigenvalue weighted by Crippen LogP contribution is -2.60. The maximum Gasteiger partial charge on any atom is 0.282 e. The second-order valence-electron chi connectivity index (χ2n) is 12.0. The van der Waals surface area contributed by atoms with Gasteiger partial charge < -0.3 is 15.2 Å². The van der Waals surface area contributed by atoms with Crippen LogP contribution >= 0.6 is 0 Å². The molecule has 172 valence electrons. The molecule has 11 heteroatoms. The lowest BCUT2D eigenvalue weighted by Gasteiger charge is -2.53. The Morgan fingerprint density at radius 3 is 2.56 bits per heavy atom. The fourth-order valence-corrected chi connectivity index (χ4v) is 7.07. The Balaban J connectivity index is 1.62. The molecule has 0 amide bonds. The van der Waals surface area contributed by atoms with Crippen molar-refractivity contribution in [2.45, 2.75) is 54.9 Å². The van der Waals surface area contributed by atoms with Gasteiger partial charge in [0.15, 0.2) is 15.7 Å². The van der Waals surface area contributed by atoms with Gasteiger partial charge in [0.25, 0.3) is 6.02 Å². The first kappa shape index (κ1) is 23.6. The summed E-state index contributed by atoms with van der Waals surface area (Å²) in [5.74, 6) is 0.0286. The zero-order chi connectivity index (χ0) is 24.5. The molecule has 0 bridgehead atoms. The van der Waals surface area contributed by atoms with E-state index in [1.54, 1.807) is 6.20 Å². The van der Waals surface area contributed by atoms with Gasteiger partial charge in [-0.25, -0.2) is 9.38 Å². The van der Waals surface area contributed by atoms with Crippen LogP contribution in [0.25, 0.3) is 11.1 Å². The number of amidine groups is 1. The van der Waals surface area contributed by atoms with Gasteiger partial charge >= 0.3 is 0 Å². The van der Waals surface area contributed by atoms with Gasteiger partial charge in [0, 0.05) is 17.2 Å². The van der Waals surface area contributed by atoms with E-state index in [4.69, 9.17) is 20.2 Å². The van der Waals surface area contributed by atoms with Crippen LogP contribution in [0.3, 0.4) is 0 Å². The van der Waals surface area contributed by atoms with E-state index in [9.17, 15) is 4.39 Å². The Morgan fingerprint density at radius 1 is 1.18 bits per heavy atom. The number of hydrogen-bond donors (Lipinski definition) is 1. The Kier molecular flexibility index (Phi) is 5.33. The van der Waals surface area contributed by atoms with Gasteiger partial charge in [-0.3, -0.25) is 4.98 Å². The second kappa shape index (κ2) is 7.68. The van der Waals surface area contributed by atoms with Crippen LogP contribution in [-0.2, 0) is 21.4 Å². The number of benzene rings is 1. The topological polar surface area (TPSA) is 69.7 Å². The third kappa shape index (κ3) is 3.54. The minimum absolute atomic E-state index is 0.129. The number of hydrogen-bond acceptors (Lipinski definition) is 5. The molecule has 2 heterocycles. The lowest BCUT2D eigenvalue weighted by molar-refractivity contribution is -0.0743. The Morgan fingerprint density at radius 2 is 1.94 bits per heavy atom. The SMILES string of the molecule is BC(B)(B)O[C@@H]1CC[C@]2(Cc3ccc(-c4cncc(F)c4)cc3[C@]23N=C(N)OC3(B)B)C[C@H]1C. The Bertz CT molecular complexity index is 1170. The summed E-state index contributed by atoms with van der Waals surface area (Å²) < 4.78 is 26.6. The molecule has 2 aromatic rings. The molecule has 4 atom stereocenters. The average Bonchev–Trinajstić information content (AvgIpc) is 3.13. The van der Waals surface area contributed by atoms with Crippen molar-refractivity contribution in [1.29, 1.82) is 0 Å². The summed E-state index contributed by atoms with van der Waals surface area (Å²) in [4.78, 5) is 9.17. The molecule has 1 aliphatic heterocycles. The van der Waals surface area contributed by atoms with Gasteiger partial charge in [-0.2, -0.15) is 0 Å². The highest BCUT2D eigenvalue weighted by Gasteiger charge is 2.69. The molecular formula is C23H31B5FN3O2. The number of fused-ring (bicyclic) bond motifs is 3. The summed E-state index contributed by atoms with van der Waals surface area (Å²) in [5.41, 5.74) is 9.62. The Hall–Kier alpha value is -2.15. The first-order chi connectivity index (χ1) is 15.9. The zero-order valence-electron chi connectivity index (χ0n) is 21.1. The molecule has 0 saturated heterocycles. The molecule has 2 aliphatic carbocycles. The molecule has 2 N–H and O–H groups in total. The monoisotopic (exact) mass is 455 g/mol. The van der Waals surface area contributed by atoms with Crippen molar-refractivity contribution in [2.75, 3.05) is 0 Å². The fraction of sp³-hybridized carbons (Fsp3) is 0.478. The van der Waals surface area contributed by atoms with E-state index in [2.05, 4.69) is 69.3 Å². The van der Waals surface area contributed by atoms with Crippen LogP contribution in [0.1, 0.15) is 37.3 Å². The van der Waals surface area contributed by atoms with E-state index in [-0.39, 0.29) is 28.7 Å². The fourth-order valence-electron chi connectivity index (χ4n) is 7.07. The van der Waals surface area contributed by atoms with Crippen molar-refractivity contribution in [2.24, 2.45) is 22.1 Å². The molecule has 1 aromatic heterocycles. The Labute approximate surface area is 205 Å². The maximum absolute atomic E-state index is 13.9. The van der Waals surface area contributed by atoms with E-state index in [0.717, 1.165) is 42.4 Å². The molecule has 5 nitrogen and oxygen atoms in total. The molecular weight excluding hydrogens is 423 g/mol. The molecule has 1 aromatic carbocycles. The molecule has 0 unspecified atom stereocenters. The quantitative estimate of drug-likeness (QED) is 0.580. The molecule has 0 radical (unpaired) electrons. The van der Waals surface area contributed by atoms with Crippen molar-refractivity contribution in [3.8, 4) is 11.1 Å². The second-order valence-corrected chi connectivity index (χ2v) is 12.0. The number of aromatic nitrogens is 1. The predicted octanol–water partition coefficient (Wildman–Crippen LogP) is -1.39. The van der Waals surface area contributed by atoms with E-state index >= 15 is 0 Å². The summed E-state index contributed by atoms with van der Waals surface area (Å²) in [6.45, 7) is 2.30. The summed E-state index contributed by atoms with van der Waals surface area (Å²) in [7, 11) is 10.6. The summed E-state index contributed by atoms with van der Waals surface area (Å²) in [5, 5.41) is -0.787. The molecule has 2 spiro atoms. The van der Waals surface area contributed by atoms with Crippen LogP contribution in [0, 0.1) is 17.2 Å². The van der Waals surface area contributed by atoms with Crippen molar-refractivity contribution in [1.82, 2.24) is 4.98 Å². The van der Waals surface area contributed by atoms with E-state index < -0.39 is 10.9 Å². The van der Waals surface area contributed by atoms with Gasteiger partial charge in [-0.1, -0.05) is 19.1 Å². The third-order valence-electron chi connectivity index (χ3n) is 8.10. The summed E-state index contributed by atoms with van der Waals surface area (Å²) >= 11 is 0. The van der Waals surface area contributed by atoms with Crippen LogP contribution in [0.5, 0.6) is 0 Å². The highest BCUT2D eigenvalue weighted by atomic mass is 19.1. The van der Waals surface area contributed by atoms with Gasteiger partial charge in [0.1, 0.15) is 34.9 Å². The highest BCUT2D eigenvalue weighted by Crippen LogP contribution is 2.65. The molecule has 3 aliphatic rings. The smallest absolute Gasteiger partial charge is 0.282 e. The standard InChI is InChI=1S/C23H31B5FN3O2/c1-12-8-20(5-4-18(12)33-23(26,27)28)9-14-3-2-13(15-6-16(29)11-31-10-15)7-17(14)21(20)22(24,25)34-19(30)32-21/h2-3,6-7,10-12,18H,4-5,8-9,24-28H2,1H3,(H2,30,32)/t12-,18-,20-,21+/m1/s1. The molecule has 34 heavy (non-hydrogen) atoms. The van der Waals surface area contributed by atoms with E-state index in [0.29, 0.717) is 5.92 Å².